The normalized spacial score (nSPS) is 12.6. The number of rotatable bonds is 8. The van der Waals surface area contributed by atoms with Crippen LogP contribution in [-0.2, 0) is 14.3 Å². The first-order chi connectivity index (χ1) is 14.8. The number of hydrogen-bond acceptors (Lipinski definition) is 8. The number of carbonyl (C=O) groups is 4. The molecule has 3 N–H and O–H groups in total. The molecule has 1 heterocycles. The van der Waals surface area contributed by atoms with Gasteiger partial charge in [0.15, 0.2) is 0 Å². The molecule has 2 amide bonds. The molecule has 0 unspecified atom stereocenters. The number of thiophene rings is 1. The highest BCUT2D eigenvalue weighted by atomic mass is 32.1. The summed E-state index contributed by atoms with van der Waals surface area (Å²) in [4.78, 5) is 49.3. The Hall–Kier alpha value is -3.40. The molecule has 0 radical (unpaired) electrons. The zero-order valence-corrected chi connectivity index (χ0v) is 18.2. The minimum atomic E-state index is -0.672. The molecule has 1 aromatic heterocycles. The first kappa shape index (κ1) is 22.3. The SMILES string of the molecule is COC(=O)c1sc(NC(=O)CNc2ccccc2C(=O)NC2CC2)c(C(=O)OC)c1C. The Morgan fingerprint density at radius 1 is 1.06 bits per heavy atom. The molecule has 0 atom stereocenters. The van der Waals surface area contributed by atoms with Gasteiger partial charge in [-0.05, 0) is 37.5 Å². The summed E-state index contributed by atoms with van der Waals surface area (Å²) in [5.74, 6) is -1.94. The van der Waals surface area contributed by atoms with Crippen molar-refractivity contribution in [1.82, 2.24) is 5.32 Å². The molecular weight excluding hydrogens is 422 g/mol. The number of methoxy groups -OCH3 is 2. The predicted molar refractivity (Wildman–Crippen MR) is 116 cm³/mol. The molecule has 1 fully saturated rings. The van der Waals surface area contributed by atoms with Crippen LogP contribution in [0.2, 0.25) is 0 Å². The Kier molecular flexibility index (Phi) is 6.91. The molecule has 1 aliphatic carbocycles. The quantitative estimate of drug-likeness (QED) is 0.534. The van der Waals surface area contributed by atoms with Crippen LogP contribution >= 0.6 is 11.3 Å². The van der Waals surface area contributed by atoms with Gasteiger partial charge in [-0.15, -0.1) is 11.3 Å². The minimum absolute atomic E-state index is 0.102. The number of nitrogens with one attached hydrogen (secondary N) is 3. The number of carbonyl (C=O) groups excluding carboxylic acids is 4. The van der Waals surface area contributed by atoms with Gasteiger partial charge in [0.2, 0.25) is 5.91 Å². The Labute approximate surface area is 183 Å². The van der Waals surface area contributed by atoms with Crippen molar-refractivity contribution in [3.63, 3.8) is 0 Å². The number of hydrogen-bond donors (Lipinski definition) is 3. The Morgan fingerprint density at radius 3 is 2.39 bits per heavy atom. The third-order valence-corrected chi connectivity index (χ3v) is 5.87. The van der Waals surface area contributed by atoms with Gasteiger partial charge in [0.05, 0.1) is 31.9 Å². The first-order valence-electron chi connectivity index (χ1n) is 9.59. The van der Waals surface area contributed by atoms with Crippen LogP contribution in [0.3, 0.4) is 0 Å². The fourth-order valence-electron chi connectivity index (χ4n) is 2.91. The summed E-state index contributed by atoms with van der Waals surface area (Å²) in [6.07, 6.45) is 1.94. The van der Waals surface area contributed by atoms with E-state index in [1.165, 1.54) is 14.2 Å². The van der Waals surface area contributed by atoms with Gasteiger partial charge < -0.3 is 25.4 Å². The van der Waals surface area contributed by atoms with E-state index in [2.05, 4.69) is 16.0 Å². The fourth-order valence-corrected chi connectivity index (χ4v) is 4.04. The van der Waals surface area contributed by atoms with E-state index in [1.54, 1.807) is 31.2 Å². The third kappa shape index (κ3) is 5.21. The summed E-state index contributed by atoms with van der Waals surface area (Å²) in [6, 6.07) is 7.11. The van der Waals surface area contributed by atoms with E-state index < -0.39 is 17.8 Å². The van der Waals surface area contributed by atoms with E-state index in [-0.39, 0.29) is 33.9 Å². The lowest BCUT2D eigenvalue weighted by molar-refractivity contribution is -0.114. The molecule has 9 nitrogen and oxygen atoms in total. The van der Waals surface area contributed by atoms with Crippen molar-refractivity contribution in [3.05, 3.63) is 45.8 Å². The van der Waals surface area contributed by atoms with E-state index in [0.717, 1.165) is 24.2 Å². The smallest absolute Gasteiger partial charge is 0.348 e. The standard InChI is InChI=1S/C21H23N3O6S/c1-11-16(20(27)29-2)19(31-17(11)21(28)30-3)24-15(25)10-22-14-7-5-4-6-13(14)18(26)23-12-8-9-12/h4-7,12,22H,8-10H2,1-3H3,(H,23,26)(H,24,25). The van der Waals surface area contributed by atoms with Crippen LogP contribution in [-0.4, -0.2) is 50.6 Å². The maximum absolute atomic E-state index is 12.5. The lowest BCUT2D eigenvalue weighted by Gasteiger charge is -2.12. The molecule has 1 aliphatic rings. The Bertz CT molecular complexity index is 1030. The highest BCUT2D eigenvalue weighted by molar-refractivity contribution is 7.18. The highest BCUT2D eigenvalue weighted by Gasteiger charge is 2.27. The molecular formula is C21H23N3O6S. The first-order valence-corrected chi connectivity index (χ1v) is 10.4. The number of para-hydroxylation sites is 1. The van der Waals surface area contributed by atoms with E-state index in [1.807, 2.05) is 0 Å². The largest absolute Gasteiger partial charge is 0.465 e. The van der Waals surface area contributed by atoms with Gasteiger partial charge >= 0.3 is 11.9 Å². The van der Waals surface area contributed by atoms with Gasteiger partial charge in [-0.25, -0.2) is 9.59 Å². The molecule has 31 heavy (non-hydrogen) atoms. The van der Waals surface area contributed by atoms with Crippen LogP contribution in [0, 0.1) is 6.92 Å². The van der Waals surface area contributed by atoms with Crippen molar-refractivity contribution < 1.29 is 28.7 Å². The van der Waals surface area contributed by atoms with Crippen molar-refractivity contribution in [3.8, 4) is 0 Å². The van der Waals surface area contributed by atoms with Gasteiger partial charge in [0, 0.05) is 11.7 Å². The van der Waals surface area contributed by atoms with Gasteiger partial charge in [-0.1, -0.05) is 12.1 Å². The second kappa shape index (κ2) is 9.61. The Balaban J connectivity index is 1.72. The molecule has 1 saturated carbocycles. The van der Waals surface area contributed by atoms with Crippen LogP contribution in [0.15, 0.2) is 24.3 Å². The molecule has 0 bridgehead atoms. The second-order valence-corrected chi connectivity index (χ2v) is 7.96. The number of ether oxygens (including phenoxy) is 2. The fraction of sp³-hybridized carbons (Fsp3) is 0.333. The minimum Gasteiger partial charge on any atom is -0.465 e. The van der Waals surface area contributed by atoms with Gasteiger partial charge in [0.1, 0.15) is 9.88 Å². The van der Waals surface area contributed by atoms with E-state index in [9.17, 15) is 19.2 Å². The lowest BCUT2D eigenvalue weighted by atomic mass is 10.1. The van der Waals surface area contributed by atoms with Gasteiger partial charge in [0.25, 0.3) is 5.91 Å². The van der Waals surface area contributed by atoms with Gasteiger partial charge in [-0.3, -0.25) is 9.59 Å². The third-order valence-electron chi connectivity index (χ3n) is 4.68. The van der Waals surface area contributed by atoms with Crippen molar-refractivity contribution in [1.29, 1.82) is 0 Å². The Morgan fingerprint density at radius 2 is 1.74 bits per heavy atom. The highest BCUT2D eigenvalue weighted by Crippen LogP contribution is 2.34. The molecule has 10 heteroatoms. The van der Waals surface area contributed by atoms with Crippen molar-refractivity contribution >= 4 is 45.8 Å². The van der Waals surface area contributed by atoms with Crippen LogP contribution in [0.25, 0.3) is 0 Å². The van der Waals surface area contributed by atoms with Crippen molar-refractivity contribution in [2.45, 2.75) is 25.8 Å². The number of anilines is 2. The van der Waals surface area contributed by atoms with Crippen LogP contribution in [0.5, 0.6) is 0 Å². The van der Waals surface area contributed by atoms with E-state index >= 15 is 0 Å². The van der Waals surface area contributed by atoms with Crippen LogP contribution < -0.4 is 16.0 Å². The monoisotopic (exact) mass is 445 g/mol. The topological polar surface area (TPSA) is 123 Å². The molecule has 0 saturated heterocycles. The maximum atomic E-state index is 12.5. The predicted octanol–water partition coefficient (Wildman–Crippen LogP) is 2.57. The summed E-state index contributed by atoms with van der Waals surface area (Å²) in [6.45, 7) is 1.43. The molecule has 0 spiro atoms. The maximum Gasteiger partial charge on any atom is 0.348 e. The van der Waals surface area contributed by atoms with E-state index in [0.29, 0.717) is 16.8 Å². The molecule has 0 aliphatic heterocycles. The average Bonchev–Trinajstić information content (AvgIpc) is 3.53. The summed E-state index contributed by atoms with van der Waals surface area (Å²) in [5, 5.41) is 8.69. The molecule has 1 aromatic carbocycles. The number of esters is 2. The summed E-state index contributed by atoms with van der Waals surface area (Å²) >= 11 is 0.935. The van der Waals surface area contributed by atoms with Crippen LogP contribution in [0.4, 0.5) is 10.7 Å². The van der Waals surface area contributed by atoms with E-state index in [4.69, 9.17) is 9.47 Å². The zero-order chi connectivity index (χ0) is 22.5. The van der Waals surface area contributed by atoms with Crippen LogP contribution in [0.1, 0.15) is 48.8 Å². The lowest BCUT2D eigenvalue weighted by Crippen LogP contribution is -2.27. The van der Waals surface area contributed by atoms with Crippen molar-refractivity contribution in [2.24, 2.45) is 0 Å². The zero-order valence-electron chi connectivity index (χ0n) is 17.4. The molecule has 3 rings (SSSR count). The summed E-state index contributed by atoms with van der Waals surface area (Å²) < 4.78 is 9.51. The van der Waals surface area contributed by atoms with Crippen molar-refractivity contribution in [2.75, 3.05) is 31.4 Å². The molecule has 164 valence electrons. The van der Waals surface area contributed by atoms with Gasteiger partial charge in [-0.2, -0.15) is 0 Å². The summed E-state index contributed by atoms with van der Waals surface area (Å²) in [7, 11) is 2.45. The molecule has 2 aromatic rings. The second-order valence-electron chi connectivity index (χ2n) is 6.94. The average molecular weight is 445 g/mol. The number of amides is 2. The summed E-state index contributed by atoms with van der Waals surface area (Å²) in [5.41, 5.74) is 1.43. The number of benzene rings is 1.